The number of carbonyl (C=O) groups is 2. The van der Waals surface area contributed by atoms with Crippen molar-refractivity contribution in [1.29, 1.82) is 0 Å². The van der Waals surface area contributed by atoms with Crippen LogP contribution in [0.4, 0.5) is 0 Å². The molecule has 1 spiro atoms. The Labute approximate surface area is 202 Å². The van der Waals surface area contributed by atoms with Crippen LogP contribution >= 0.6 is 0 Å². The zero-order valence-electron chi connectivity index (χ0n) is 20.3. The molecule has 1 aromatic carbocycles. The van der Waals surface area contributed by atoms with Crippen LogP contribution in [0.1, 0.15) is 68.4 Å². The predicted molar refractivity (Wildman–Crippen MR) is 130 cm³/mol. The number of aryl methyl sites for hydroxylation is 1. The zero-order chi connectivity index (χ0) is 24.0. The van der Waals surface area contributed by atoms with Crippen LogP contribution in [0.25, 0.3) is 0 Å². The highest BCUT2D eigenvalue weighted by Gasteiger charge is 2.42. The third-order valence-corrected chi connectivity index (χ3v) is 7.15. The number of fused-ring (bicyclic) bond motifs is 1. The van der Waals surface area contributed by atoms with Crippen molar-refractivity contribution in [2.24, 2.45) is 11.3 Å². The molecule has 2 amide bonds. The van der Waals surface area contributed by atoms with E-state index >= 15 is 0 Å². The highest BCUT2D eigenvalue weighted by molar-refractivity contribution is 5.92. The Hall–Kier alpha value is -2.96. The quantitative estimate of drug-likeness (QED) is 0.741. The van der Waals surface area contributed by atoms with Crippen LogP contribution in [0, 0.1) is 11.3 Å². The van der Waals surface area contributed by atoms with Gasteiger partial charge in [-0.2, -0.15) is 0 Å². The van der Waals surface area contributed by atoms with E-state index < -0.39 is 5.41 Å². The molecule has 7 nitrogen and oxygen atoms in total. The van der Waals surface area contributed by atoms with Gasteiger partial charge in [0.25, 0.3) is 5.91 Å². The second-order valence-corrected chi connectivity index (χ2v) is 10.1. The van der Waals surface area contributed by atoms with Gasteiger partial charge in [0.15, 0.2) is 0 Å². The molecule has 4 rings (SSSR count). The Balaban J connectivity index is 1.50. The van der Waals surface area contributed by atoms with Gasteiger partial charge < -0.3 is 15.0 Å². The summed E-state index contributed by atoms with van der Waals surface area (Å²) in [7, 11) is 0. The summed E-state index contributed by atoms with van der Waals surface area (Å²) in [5.41, 5.74) is 1.19. The lowest BCUT2D eigenvalue weighted by Crippen LogP contribution is -2.53. The summed E-state index contributed by atoms with van der Waals surface area (Å²) in [5, 5.41) is 3.35. The minimum Gasteiger partial charge on any atom is -0.491 e. The van der Waals surface area contributed by atoms with Crippen LogP contribution in [0.5, 0.6) is 5.75 Å². The van der Waals surface area contributed by atoms with Crippen LogP contribution in [-0.2, 0) is 11.2 Å². The molecule has 7 heteroatoms. The van der Waals surface area contributed by atoms with Gasteiger partial charge >= 0.3 is 0 Å². The summed E-state index contributed by atoms with van der Waals surface area (Å²) < 4.78 is 6.22. The number of nitrogens with zero attached hydrogens (tertiary/aromatic N) is 3. The van der Waals surface area contributed by atoms with Crippen molar-refractivity contribution in [3.05, 3.63) is 54.1 Å². The topological polar surface area (TPSA) is 84.4 Å². The molecule has 182 valence electrons. The summed E-state index contributed by atoms with van der Waals surface area (Å²) in [4.78, 5) is 36.4. The molecule has 1 saturated heterocycles. The minimum atomic E-state index is -0.448. The van der Waals surface area contributed by atoms with E-state index in [-0.39, 0.29) is 17.9 Å². The van der Waals surface area contributed by atoms with Crippen LogP contribution < -0.4 is 10.1 Å². The molecular formula is C27H36N4O3. The van der Waals surface area contributed by atoms with Gasteiger partial charge in [-0.3, -0.25) is 9.59 Å². The fraction of sp³-hybridized carbons (Fsp3) is 0.556. The molecule has 0 bridgehead atoms. The first kappa shape index (κ1) is 24.2. The van der Waals surface area contributed by atoms with E-state index in [1.54, 1.807) is 12.3 Å². The Morgan fingerprint density at radius 2 is 1.97 bits per heavy atom. The second-order valence-electron chi connectivity index (χ2n) is 10.1. The molecule has 0 aliphatic carbocycles. The molecule has 1 aromatic heterocycles. The van der Waals surface area contributed by atoms with Crippen LogP contribution in [0.15, 0.2) is 42.9 Å². The molecular weight excluding hydrogens is 428 g/mol. The number of hydrogen-bond acceptors (Lipinski definition) is 5. The first-order valence-electron chi connectivity index (χ1n) is 12.5. The average molecular weight is 465 g/mol. The van der Waals surface area contributed by atoms with E-state index in [1.165, 1.54) is 11.9 Å². The number of piperidine rings is 1. The first-order valence-corrected chi connectivity index (χ1v) is 12.5. The lowest BCUT2D eigenvalue weighted by atomic mass is 9.73. The standard InChI is InChI=1S/C27H36N4O3/c1-20(2)17-22-18-34-24-9-4-3-7-21(24)8-5-6-11-27(26(33)30-22)12-15-31(16-13-27)25(32)23-10-14-28-19-29-23/h3-4,7,9-10,14,19-20,22H,5-6,8,11-13,15-18H2,1-2H3,(H,30,33)/t22-/m0/s1. The maximum atomic E-state index is 13.7. The first-order chi connectivity index (χ1) is 16.5. The fourth-order valence-electron chi connectivity index (χ4n) is 5.20. The Morgan fingerprint density at radius 1 is 1.18 bits per heavy atom. The van der Waals surface area contributed by atoms with Gasteiger partial charge in [-0.15, -0.1) is 0 Å². The SMILES string of the molecule is CC(C)C[C@H]1COc2ccccc2CCCCC2(CCN(C(=O)c3ccncn3)CC2)C(=O)N1. The maximum absolute atomic E-state index is 13.7. The van der Waals surface area contributed by atoms with Gasteiger partial charge in [-0.1, -0.05) is 38.5 Å². The number of amides is 2. The van der Waals surface area contributed by atoms with Crippen molar-refractivity contribution < 1.29 is 14.3 Å². The summed E-state index contributed by atoms with van der Waals surface area (Å²) in [5.74, 6) is 1.40. The predicted octanol–water partition coefficient (Wildman–Crippen LogP) is 4.04. The van der Waals surface area contributed by atoms with Crippen molar-refractivity contribution >= 4 is 11.8 Å². The molecule has 1 N–H and O–H groups in total. The molecule has 1 fully saturated rings. The summed E-state index contributed by atoms with van der Waals surface area (Å²) in [6, 6.07) is 9.84. The number of likely N-dealkylation sites (tertiary alicyclic amines) is 1. The van der Waals surface area contributed by atoms with Gasteiger partial charge in [0.05, 0.1) is 11.5 Å². The fourth-order valence-corrected chi connectivity index (χ4v) is 5.20. The molecule has 34 heavy (non-hydrogen) atoms. The largest absolute Gasteiger partial charge is 0.491 e. The maximum Gasteiger partial charge on any atom is 0.272 e. The van der Waals surface area contributed by atoms with Gasteiger partial charge in [0.2, 0.25) is 5.91 Å². The van der Waals surface area contributed by atoms with Crippen LogP contribution in [0.3, 0.4) is 0 Å². The van der Waals surface area contributed by atoms with Gasteiger partial charge in [-0.05, 0) is 62.1 Å². The lowest BCUT2D eigenvalue weighted by molar-refractivity contribution is -0.135. The average Bonchev–Trinajstić information content (AvgIpc) is 2.85. The van der Waals surface area contributed by atoms with Crippen molar-refractivity contribution in [3.8, 4) is 5.75 Å². The van der Waals surface area contributed by atoms with E-state index in [0.29, 0.717) is 44.1 Å². The Bertz CT molecular complexity index is 971. The second kappa shape index (κ2) is 11.0. The highest BCUT2D eigenvalue weighted by Crippen LogP contribution is 2.38. The third-order valence-electron chi connectivity index (χ3n) is 7.15. The summed E-state index contributed by atoms with van der Waals surface area (Å²) in [6.45, 7) is 5.93. The third kappa shape index (κ3) is 5.75. The monoisotopic (exact) mass is 464 g/mol. The molecule has 2 aliphatic rings. The molecule has 2 aromatic rings. The number of aromatic nitrogens is 2. The van der Waals surface area contributed by atoms with Crippen molar-refractivity contribution in [1.82, 2.24) is 20.2 Å². The highest BCUT2D eigenvalue weighted by atomic mass is 16.5. The minimum absolute atomic E-state index is 0.0439. The number of ether oxygens (including phenoxy) is 1. The van der Waals surface area contributed by atoms with Crippen molar-refractivity contribution in [3.63, 3.8) is 0 Å². The van der Waals surface area contributed by atoms with Crippen LogP contribution in [-0.4, -0.2) is 52.4 Å². The van der Waals surface area contributed by atoms with Gasteiger partial charge in [0, 0.05) is 19.3 Å². The van der Waals surface area contributed by atoms with Crippen molar-refractivity contribution in [2.75, 3.05) is 19.7 Å². The molecule has 1 atom stereocenters. The number of nitrogens with one attached hydrogen (secondary N) is 1. The normalized spacial score (nSPS) is 21.1. The molecule has 3 heterocycles. The molecule has 0 radical (unpaired) electrons. The number of para-hydroxylation sites is 1. The zero-order valence-corrected chi connectivity index (χ0v) is 20.3. The number of carbonyl (C=O) groups excluding carboxylic acids is 2. The smallest absolute Gasteiger partial charge is 0.272 e. The van der Waals surface area contributed by atoms with Gasteiger partial charge in [-0.25, -0.2) is 9.97 Å². The van der Waals surface area contributed by atoms with Crippen molar-refractivity contribution in [2.45, 2.75) is 64.8 Å². The van der Waals surface area contributed by atoms with E-state index in [4.69, 9.17) is 4.74 Å². The number of rotatable bonds is 3. The molecule has 2 aliphatic heterocycles. The molecule has 0 unspecified atom stereocenters. The summed E-state index contributed by atoms with van der Waals surface area (Å²) >= 11 is 0. The van der Waals surface area contributed by atoms with Crippen LogP contribution in [0.2, 0.25) is 0 Å². The van der Waals surface area contributed by atoms with E-state index in [1.807, 2.05) is 17.0 Å². The number of hydrogen-bond donors (Lipinski definition) is 1. The summed E-state index contributed by atoms with van der Waals surface area (Å²) in [6.07, 6.45) is 8.94. The van der Waals surface area contributed by atoms with E-state index in [9.17, 15) is 9.59 Å². The lowest BCUT2D eigenvalue weighted by Gasteiger charge is -2.41. The van der Waals surface area contributed by atoms with Gasteiger partial charge in [0.1, 0.15) is 24.4 Å². The molecule has 0 saturated carbocycles. The Kier molecular flexibility index (Phi) is 7.80. The van der Waals surface area contributed by atoms with E-state index in [2.05, 4.69) is 41.3 Å². The van der Waals surface area contributed by atoms with E-state index in [0.717, 1.165) is 37.9 Å². The Morgan fingerprint density at radius 3 is 2.71 bits per heavy atom. The number of benzene rings is 1.